The average molecular weight is 385 g/mol. The van der Waals surface area contributed by atoms with Gasteiger partial charge in [-0.2, -0.15) is 5.10 Å². The maximum absolute atomic E-state index is 12.4. The van der Waals surface area contributed by atoms with E-state index in [-0.39, 0.29) is 23.3 Å². The number of carbonyl (C=O) groups is 1. The number of nitrogens with zero attached hydrogens (tertiary/aromatic N) is 4. The van der Waals surface area contributed by atoms with Gasteiger partial charge in [0.25, 0.3) is 5.56 Å². The van der Waals surface area contributed by atoms with Crippen molar-refractivity contribution < 1.29 is 9.53 Å². The fourth-order valence-corrected chi connectivity index (χ4v) is 3.75. The molecule has 1 N–H and O–H groups in total. The van der Waals surface area contributed by atoms with Crippen molar-refractivity contribution in [2.75, 3.05) is 25.4 Å². The van der Waals surface area contributed by atoms with Gasteiger partial charge >= 0.3 is 0 Å². The van der Waals surface area contributed by atoms with Crippen LogP contribution in [0.15, 0.2) is 46.5 Å². The van der Waals surface area contributed by atoms with Crippen LogP contribution in [-0.4, -0.2) is 62.1 Å². The largest absolute Gasteiger partial charge is 0.375 e. The molecule has 0 saturated carbocycles. The first-order chi connectivity index (χ1) is 13.1. The summed E-state index contributed by atoms with van der Waals surface area (Å²) in [5.74, 6) is 0.218. The third kappa shape index (κ3) is 3.74. The van der Waals surface area contributed by atoms with Gasteiger partial charge in [-0.05, 0) is 19.1 Å². The number of ether oxygens (including phenoxy) is 1. The van der Waals surface area contributed by atoms with Crippen molar-refractivity contribution in [3.63, 3.8) is 0 Å². The first-order valence-corrected chi connectivity index (χ1v) is 9.66. The van der Waals surface area contributed by atoms with Crippen LogP contribution in [0.25, 0.3) is 16.7 Å². The molecule has 27 heavy (non-hydrogen) atoms. The molecule has 1 fully saturated rings. The number of aromatic nitrogens is 4. The normalized spacial score (nSPS) is 17.4. The number of hydrogen-bond acceptors (Lipinski definition) is 6. The van der Waals surface area contributed by atoms with E-state index >= 15 is 0 Å². The van der Waals surface area contributed by atoms with Crippen LogP contribution in [0, 0.1) is 0 Å². The number of amides is 1. The van der Waals surface area contributed by atoms with Gasteiger partial charge in [-0.25, -0.2) is 9.67 Å². The molecule has 3 heterocycles. The highest BCUT2D eigenvalue weighted by Crippen LogP contribution is 2.18. The van der Waals surface area contributed by atoms with Gasteiger partial charge in [-0.3, -0.25) is 9.59 Å². The zero-order valence-corrected chi connectivity index (χ0v) is 15.6. The second-order valence-electron chi connectivity index (χ2n) is 6.31. The number of hydrogen-bond donors (Lipinski definition) is 1. The van der Waals surface area contributed by atoms with Crippen molar-refractivity contribution in [1.29, 1.82) is 0 Å². The fourth-order valence-electron chi connectivity index (χ4n) is 2.99. The van der Waals surface area contributed by atoms with Crippen LogP contribution in [0.3, 0.4) is 0 Å². The van der Waals surface area contributed by atoms with Crippen LogP contribution in [0.5, 0.6) is 0 Å². The number of nitrogens with one attached hydrogen (secondary N) is 1. The van der Waals surface area contributed by atoms with E-state index in [0.717, 1.165) is 5.69 Å². The van der Waals surface area contributed by atoms with Crippen molar-refractivity contribution >= 4 is 28.7 Å². The number of para-hydroxylation sites is 1. The molecule has 1 aliphatic heterocycles. The highest BCUT2D eigenvalue weighted by Gasteiger charge is 2.21. The summed E-state index contributed by atoms with van der Waals surface area (Å²) in [5.41, 5.74) is 1.02. The Balaban J connectivity index is 1.56. The quantitative estimate of drug-likeness (QED) is 0.540. The summed E-state index contributed by atoms with van der Waals surface area (Å²) < 4.78 is 7.09. The maximum Gasteiger partial charge on any atom is 0.262 e. The van der Waals surface area contributed by atoms with Gasteiger partial charge < -0.3 is 14.6 Å². The number of H-pyrrole nitrogens is 1. The van der Waals surface area contributed by atoms with E-state index in [1.807, 2.05) is 37.3 Å². The van der Waals surface area contributed by atoms with Gasteiger partial charge in [0.1, 0.15) is 5.39 Å². The molecule has 9 heteroatoms. The average Bonchev–Trinajstić information content (AvgIpc) is 3.11. The Labute approximate surface area is 159 Å². The summed E-state index contributed by atoms with van der Waals surface area (Å²) >= 11 is 1.22. The van der Waals surface area contributed by atoms with E-state index in [9.17, 15) is 9.59 Å². The van der Waals surface area contributed by atoms with E-state index in [1.165, 1.54) is 18.0 Å². The van der Waals surface area contributed by atoms with E-state index in [4.69, 9.17) is 4.74 Å². The second kappa shape index (κ2) is 7.53. The third-order valence-corrected chi connectivity index (χ3v) is 5.20. The number of rotatable bonds is 4. The molecule has 1 aromatic carbocycles. The Kier molecular flexibility index (Phi) is 4.95. The summed E-state index contributed by atoms with van der Waals surface area (Å²) in [6.07, 6.45) is 1.55. The molecule has 1 amide bonds. The first kappa shape index (κ1) is 17.7. The molecule has 140 valence electrons. The maximum atomic E-state index is 12.4. The van der Waals surface area contributed by atoms with E-state index in [1.54, 1.807) is 9.58 Å². The number of morpholine rings is 1. The monoisotopic (exact) mass is 385 g/mol. The Morgan fingerprint density at radius 2 is 2.19 bits per heavy atom. The molecular weight excluding hydrogens is 366 g/mol. The predicted molar refractivity (Wildman–Crippen MR) is 102 cm³/mol. The van der Waals surface area contributed by atoms with E-state index in [0.29, 0.717) is 35.9 Å². The summed E-state index contributed by atoms with van der Waals surface area (Å²) in [7, 11) is 0. The molecule has 4 rings (SSSR count). The van der Waals surface area contributed by atoms with E-state index < -0.39 is 0 Å². The summed E-state index contributed by atoms with van der Waals surface area (Å²) in [5, 5.41) is 5.10. The molecule has 0 radical (unpaired) electrons. The van der Waals surface area contributed by atoms with Gasteiger partial charge in [0.15, 0.2) is 10.8 Å². The molecule has 0 spiro atoms. The smallest absolute Gasteiger partial charge is 0.262 e. The van der Waals surface area contributed by atoms with Crippen LogP contribution < -0.4 is 5.56 Å². The SMILES string of the molecule is CC1CN(C(=O)CSc2nc3c(cnn3-c3ccccc3)c(=O)[nH]2)CCO1. The minimum absolute atomic E-state index is 0.00876. The van der Waals surface area contributed by atoms with Gasteiger partial charge in [0.05, 0.1) is 30.3 Å². The van der Waals surface area contributed by atoms with Crippen LogP contribution in [0.1, 0.15) is 6.92 Å². The lowest BCUT2D eigenvalue weighted by molar-refractivity contribution is -0.135. The molecule has 1 saturated heterocycles. The zero-order chi connectivity index (χ0) is 18.8. The number of fused-ring (bicyclic) bond motifs is 1. The lowest BCUT2D eigenvalue weighted by atomic mass is 10.3. The molecule has 1 atom stereocenters. The lowest BCUT2D eigenvalue weighted by Gasteiger charge is -2.31. The highest BCUT2D eigenvalue weighted by atomic mass is 32.2. The molecule has 3 aromatic rings. The van der Waals surface area contributed by atoms with E-state index in [2.05, 4.69) is 15.1 Å². The number of aromatic amines is 1. The first-order valence-electron chi connectivity index (χ1n) is 8.67. The molecule has 0 bridgehead atoms. The van der Waals surface area contributed by atoms with Crippen molar-refractivity contribution in [1.82, 2.24) is 24.6 Å². The number of carbonyl (C=O) groups excluding carboxylic acids is 1. The molecule has 1 unspecified atom stereocenters. The van der Waals surface area contributed by atoms with Crippen LogP contribution in [0.2, 0.25) is 0 Å². The molecule has 2 aromatic heterocycles. The summed E-state index contributed by atoms with van der Waals surface area (Å²) in [4.78, 5) is 33.8. The zero-order valence-electron chi connectivity index (χ0n) is 14.8. The minimum Gasteiger partial charge on any atom is -0.375 e. The van der Waals surface area contributed by atoms with Crippen molar-refractivity contribution in [3.05, 3.63) is 46.9 Å². The van der Waals surface area contributed by atoms with Crippen LogP contribution in [0.4, 0.5) is 0 Å². The van der Waals surface area contributed by atoms with Gasteiger partial charge in [0.2, 0.25) is 5.91 Å². The van der Waals surface area contributed by atoms with Crippen molar-refractivity contribution in [2.45, 2.75) is 18.2 Å². The highest BCUT2D eigenvalue weighted by molar-refractivity contribution is 7.99. The Hall–Kier alpha value is -2.65. The predicted octanol–water partition coefficient (Wildman–Crippen LogP) is 1.45. The Morgan fingerprint density at radius 3 is 2.96 bits per heavy atom. The third-order valence-electron chi connectivity index (χ3n) is 4.34. The molecular formula is C18H19N5O3S. The van der Waals surface area contributed by atoms with Gasteiger partial charge in [-0.15, -0.1) is 0 Å². The van der Waals surface area contributed by atoms with Gasteiger partial charge in [-0.1, -0.05) is 30.0 Å². The molecule has 8 nitrogen and oxygen atoms in total. The van der Waals surface area contributed by atoms with Crippen molar-refractivity contribution in [3.8, 4) is 5.69 Å². The van der Waals surface area contributed by atoms with Crippen LogP contribution >= 0.6 is 11.8 Å². The minimum atomic E-state index is -0.267. The summed E-state index contributed by atoms with van der Waals surface area (Å²) in [6, 6.07) is 9.49. The molecule has 0 aliphatic carbocycles. The fraction of sp³-hybridized carbons (Fsp3) is 0.333. The molecule has 1 aliphatic rings. The summed E-state index contributed by atoms with van der Waals surface area (Å²) in [6.45, 7) is 3.68. The Bertz CT molecular complexity index is 1020. The standard InChI is InChI=1S/C18H19N5O3S/c1-12-10-22(7-8-26-12)15(24)11-27-18-20-16-14(17(25)21-18)9-19-23(16)13-5-3-2-4-6-13/h2-6,9,12H,7-8,10-11H2,1H3,(H,20,21,25). The van der Waals surface area contributed by atoms with Crippen molar-refractivity contribution in [2.24, 2.45) is 0 Å². The second-order valence-corrected chi connectivity index (χ2v) is 7.27. The van der Waals surface area contributed by atoms with Gasteiger partial charge in [0, 0.05) is 13.1 Å². The Morgan fingerprint density at radius 1 is 1.37 bits per heavy atom. The number of benzene rings is 1. The van der Waals surface area contributed by atoms with Crippen LogP contribution in [-0.2, 0) is 9.53 Å². The topological polar surface area (TPSA) is 93.1 Å². The number of thioether (sulfide) groups is 1. The lowest BCUT2D eigenvalue weighted by Crippen LogP contribution is -2.45.